The van der Waals surface area contributed by atoms with Gasteiger partial charge in [0.2, 0.25) is 5.91 Å². The van der Waals surface area contributed by atoms with Gasteiger partial charge < -0.3 is 42.5 Å². The molecule has 1 rings (SSSR count). The van der Waals surface area contributed by atoms with Gasteiger partial charge in [0.25, 0.3) is 0 Å². The second-order valence-electron chi connectivity index (χ2n) is 12.9. The predicted octanol–water partition coefficient (Wildman–Crippen LogP) is 3.27. The molecule has 1 amide bonds. The molecule has 0 aromatic heterocycles. The van der Waals surface area contributed by atoms with E-state index < -0.39 is 88.4 Å². The van der Waals surface area contributed by atoms with Gasteiger partial charge in [0.15, 0.2) is 20.5 Å². The van der Waals surface area contributed by atoms with E-state index in [1.54, 1.807) is 0 Å². The summed E-state index contributed by atoms with van der Waals surface area (Å²) in [5, 5.41) is 2.50. The summed E-state index contributed by atoms with van der Waals surface area (Å²) in [6.45, 7) is 15.4. The Morgan fingerprint density at radius 3 is 1.93 bits per heavy atom. The molecule has 1 aliphatic heterocycles. The molecule has 15 nitrogen and oxygen atoms in total. The summed E-state index contributed by atoms with van der Waals surface area (Å²) >= 11 is 0. The van der Waals surface area contributed by atoms with Crippen LogP contribution in [0.2, 0.25) is 18.1 Å². The molecule has 266 valence electrons. The Morgan fingerprint density at radius 2 is 1.50 bits per heavy atom. The second-order valence-corrected chi connectivity index (χ2v) is 20.1. The molecule has 0 saturated carbocycles. The Kier molecular flexibility index (Phi) is 15.5. The number of rotatable bonds is 16. The van der Waals surface area contributed by atoms with Crippen LogP contribution in [0, 0.1) is 0 Å². The fourth-order valence-electron chi connectivity index (χ4n) is 4.73. The van der Waals surface area contributed by atoms with E-state index in [1.807, 2.05) is 33.9 Å². The summed E-state index contributed by atoms with van der Waals surface area (Å²) in [6, 6.07) is -1.15. The lowest BCUT2D eigenvalue weighted by Gasteiger charge is -2.51. The van der Waals surface area contributed by atoms with E-state index in [0.717, 1.165) is 20.8 Å². The van der Waals surface area contributed by atoms with Gasteiger partial charge in [0.1, 0.15) is 18.8 Å². The first-order valence-corrected chi connectivity index (χ1v) is 19.6. The number of amides is 1. The van der Waals surface area contributed by atoms with Crippen molar-refractivity contribution in [1.82, 2.24) is 5.32 Å². The Balaban J connectivity index is 3.99. The van der Waals surface area contributed by atoms with E-state index in [1.165, 1.54) is 28.1 Å². The Hall–Kier alpha value is -2.36. The first-order chi connectivity index (χ1) is 21.0. The lowest BCUT2D eigenvalue weighted by Crippen LogP contribution is -2.68. The van der Waals surface area contributed by atoms with Crippen molar-refractivity contribution >= 4 is 45.7 Å². The third-order valence-electron chi connectivity index (χ3n) is 8.06. The number of nitrogens with one attached hydrogen (secondary N) is 1. The molecule has 0 spiro atoms. The average molecular weight is 698 g/mol. The average Bonchev–Trinajstić information content (AvgIpc) is 2.91. The number of carbonyl (C=O) groups is 5. The fraction of sp³-hybridized carbons (Fsp3) is 0.828. The van der Waals surface area contributed by atoms with E-state index in [0.29, 0.717) is 0 Å². The summed E-state index contributed by atoms with van der Waals surface area (Å²) in [5.74, 6) is -3.51. The monoisotopic (exact) mass is 697 g/mol. The standard InChI is InChI=1S/C29H52NO14PSi/c1-18(31)30-25-23(41-20(3)33)15-29(13-14-45(36,37-9)38-10,17-40-46(11,12)28(6,7)8)44-27(25)26(43-22(5)35)24(42-21(4)34)16-39-19(2)32/h23-27H,13-17H2,1-12H3,(H,30,31)/t23-,24+,25+,26+,27+,29-/m0/s1. The summed E-state index contributed by atoms with van der Waals surface area (Å²) < 4.78 is 59.0. The molecule has 0 radical (unpaired) electrons. The number of carbonyl (C=O) groups excluding carboxylic acids is 5. The van der Waals surface area contributed by atoms with Crippen LogP contribution in [0.25, 0.3) is 0 Å². The van der Waals surface area contributed by atoms with Crippen LogP contribution in [0.4, 0.5) is 0 Å². The fourth-order valence-corrected chi connectivity index (χ4v) is 6.98. The van der Waals surface area contributed by atoms with Crippen molar-refractivity contribution in [3.8, 4) is 0 Å². The molecule has 46 heavy (non-hydrogen) atoms. The lowest BCUT2D eigenvalue weighted by atomic mass is 9.82. The minimum absolute atomic E-state index is 0.0173. The predicted molar refractivity (Wildman–Crippen MR) is 167 cm³/mol. The van der Waals surface area contributed by atoms with Crippen LogP contribution in [-0.4, -0.2) is 108 Å². The van der Waals surface area contributed by atoms with E-state index in [4.69, 9.17) is 37.2 Å². The van der Waals surface area contributed by atoms with Gasteiger partial charge in [-0.25, -0.2) is 0 Å². The molecule has 17 heteroatoms. The van der Waals surface area contributed by atoms with E-state index in [2.05, 4.69) is 5.32 Å². The maximum atomic E-state index is 13.3. The molecular formula is C29H52NO14PSi. The van der Waals surface area contributed by atoms with Crippen LogP contribution in [0.1, 0.15) is 68.2 Å². The Bertz CT molecular complexity index is 1130. The molecule has 1 saturated heterocycles. The van der Waals surface area contributed by atoms with Gasteiger partial charge in [-0.1, -0.05) is 20.8 Å². The summed E-state index contributed by atoms with van der Waals surface area (Å²) in [7, 11) is -3.59. The first-order valence-electron chi connectivity index (χ1n) is 14.9. The highest BCUT2D eigenvalue weighted by atomic mass is 31.2. The molecule has 6 atom stereocenters. The van der Waals surface area contributed by atoms with Crippen molar-refractivity contribution < 1.29 is 65.7 Å². The highest BCUT2D eigenvalue weighted by Crippen LogP contribution is 2.50. The SMILES string of the molecule is COP(=O)(CC[C@@]1(CO[Si](C)(C)C(C)(C)C)C[C@H](OC(C)=O)[C@@H](NC(C)=O)[C@H]([C@H](OC(C)=O)[C@@H](COC(C)=O)OC(C)=O)O1)OC. The molecule has 0 aromatic rings. The number of hydrogen-bond acceptors (Lipinski definition) is 14. The smallest absolute Gasteiger partial charge is 0.330 e. The van der Waals surface area contributed by atoms with Crippen molar-refractivity contribution in [2.45, 2.75) is 122 Å². The topological polar surface area (TPSA) is 188 Å². The molecule has 0 bridgehead atoms. The van der Waals surface area contributed by atoms with Crippen LogP contribution in [0.3, 0.4) is 0 Å². The van der Waals surface area contributed by atoms with Crippen LogP contribution in [0.5, 0.6) is 0 Å². The Labute approximate surface area is 272 Å². The maximum absolute atomic E-state index is 13.3. The van der Waals surface area contributed by atoms with Crippen molar-refractivity contribution in [3.05, 3.63) is 0 Å². The zero-order chi connectivity index (χ0) is 35.7. The van der Waals surface area contributed by atoms with Crippen molar-refractivity contribution in [2.24, 2.45) is 0 Å². The quantitative estimate of drug-likeness (QED) is 0.107. The molecule has 1 N–H and O–H groups in total. The van der Waals surface area contributed by atoms with Crippen LogP contribution < -0.4 is 5.32 Å². The third-order valence-corrected chi connectivity index (χ3v) is 14.4. The van der Waals surface area contributed by atoms with Crippen LogP contribution in [-0.2, 0) is 65.7 Å². The van der Waals surface area contributed by atoms with Crippen LogP contribution >= 0.6 is 7.60 Å². The van der Waals surface area contributed by atoms with Gasteiger partial charge in [0.05, 0.1) is 24.4 Å². The van der Waals surface area contributed by atoms with Crippen molar-refractivity contribution in [3.63, 3.8) is 0 Å². The molecular weight excluding hydrogens is 645 g/mol. The van der Waals surface area contributed by atoms with Crippen molar-refractivity contribution in [1.29, 1.82) is 0 Å². The highest BCUT2D eigenvalue weighted by molar-refractivity contribution is 7.53. The zero-order valence-corrected chi connectivity index (χ0v) is 31.0. The minimum Gasteiger partial charge on any atom is -0.462 e. The minimum atomic E-state index is -3.61. The molecule has 1 aliphatic rings. The van der Waals surface area contributed by atoms with Gasteiger partial charge in [-0.05, 0) is 24.6 Å². The number of hydrogen-bond donors (Lipinski definition) is 1. The molecule has 0 unspecified atom stereocenters. The maximum Gasteiger partial charge on any atom is 0.330 e. The highest BCUT2D eigenvalue weighted by Gasteiger charge is 2.56. The Morgan fingerprint density at radius 1 is 0.935 bits per heavy atom. The lowest BCUT2D eigenvalue weighted by molar-refractivity contribution is -0.244. The van der Waals surface area contributed by atoms with E-state index >= 15 is 0 Å². The van der Waals surface area contributed by atoms with E-state index in [9.17, 15) is 28.5 Å². The van der Waals surface area contributed by atoms with Gasteiger partial charge in [-0.2, -0.15) is 0 Å². The number of ether oxygens (including phenoxy) is 5. The first kappa shape index (κ1) is 41.7. The van der Waals surface area contributed by atoms with Gasteiger partial charge in [-0.3, -0.25) is 28.5 Å². The molecule has 1 fully saturated rings. The van der Waals surface area contributed by atoms with Gasteiger partial charge >= 0.3 is 31.5 Å². The third kappa shape index (κ3) is 12.7. The second kappa shape index (κ2) is 17.2. The largest absolute Gasteiger partial charge is 0.462 e. The molecule has 1 heterocycles. The zero-order valence-electron chi connectivity index (χ0n) is 29.1. The van der Waals surface area contributed by atoms with E-state index in [-0.39, 0.29) is 30.6 Å². The summed E-state index contributed by atoms with van der Waals surface area (Å²) in [4.78, 5) is 61.4. The van der Waals surface area contributed by atoms with Crippen LogP contribution in [0.15, 0.2) is 0 Å². The van der Waals surface area contributed by atoms with Gasteiger partial charge in [-0.15, -0.1) is 0 Å². The molecule has 0 aromatic carbocycles. The molecule has 0 aliphatic carbocycles. The summed E-state index contributed by atoms with van der Waals surface area (Å²) in [6.07, 6.45) is -5.60. The normalized spacial score (nSPS) is 23.4. The van der Waals surface area contributed by atoms with Gasteiger partial charge in [0, 0.05) is 55.3 Å². The number of esters is 4. The summed E-state index contributed by atoms with van der Waals surface area (Å²) in [5.41, 5.74) is -1.40. The van der Waals surface area contributed by atoms with Crippen molar-refractivity contribution in [2.75, 3.05) is 33.6 Å².